The van der Waals surface area contributed by atoms with E-state index in [2.05, 4.69) is 20.4 Å². The lowest BCUT2D eigenvalue weighted by Gasteiger charge is -2.12. The number of aliphatic carboxylic acids is 1. The van der Waals surface area contributed by atoms with Gasteiger partial charge in [-0.15, -0.1) is 11.3 Å². The highest BCUT2D eigenvalue weighted by atomic mass is 32.1. The molecule has 1 heterocycles. The summed E-state index contributed by atoms with van der Waals surface area (Å²) in [7, 11) is 1.28. The molecule has 1 unspecified atom stereocenters. The lowest BCUT2D eigenvalue weighted by molar-refractivity contribution is -0.147. The topological polar surface area (TPSA) is 101 Å². The maximum absolute atomic E-state index is 11.4. The van der Waals surface area contributed by atoms with Crippen LogP contribution in [0.15, 0.2) is 5.38 Å². The van der Waals surface area contributed by atoms with Crippen molar-refractivity contribution < 1.29 is 19.4 Å². The molecular weight excluding hydrogens is 270 g/mol. The van der Waals surface area contributed by atoms with E-state index in [1.165, 1.54) is 7.11 Å². The van der Waals surface area contributed by atoms with Gasteiger partial charge in [-0.1, -0.05) is 0 Å². The number of hydrogen-bond donors (Lipinski definition) is 3. The van der Waals surface area contributed by atoms with E-state index in [4.69, 9.17) is 5.11 Å². The highest BCUT2D eigenvalue weighted by molar-refractivity contribution is 7.09. The van der Waals surface area contributed by atoms with E-state index in [0.29, 0.717) is 13.0 Å². The third-order valence-electron chi connectivity index (χ3n) is 2.34. The van der Waals surface area contributed by atoms with Crippen molar-refractivity contribution in [1.82, 2.24) is 15.6 Å². The average Bonchev–Trinajstić information content (AvgIpc) is 2.75. The Kier molecular flexibility index (Phi) is 6.23. The third-order valence-corrected chi connectivity index (χ3v) is 3.16. The Morgan fingerprint density at radius 2 is 2.26 bits per heavy atom. The predicted octanol–water partition coefficient (Wildman–Crippen LogP) is 0.393. The van der Waals surface area contributed by atoms with Gasteiger partial charge in [0, 0.05) is 25.5 Å². The van der Waals surface area contributed by atoms with Crippen molar-refractivity contribution in [2.75, 3.05) is 20.2 Å². The molecule has 0 aliphatic rings. The van der Waals surface area contributed by atoms with Crippen LogP contribution in [0.1, 0.15) is 10.7 Å². The molecule has 0 saturated carbocycles. The van der Waals surface area contributed by atoms with Crippen LogP contribution in [-0.2, 0) is 16.0 Å². The Balaban J connectivity index is 2.19. The quantitative estimate of drug-likeness (QED) is 0.673. The molecule has 19 heavy (non-hydrogen) atoms. The standard InChI is InChI=1S/C11H17N3O4S/c1-7-14-8(6-19-7)3-4-12-11(17)13-5-9(18-2)10(15)16/h6,9H,3-5H2,1-2H3,(H,15,16)(H2,12,13,17). The van der Waals surface area contributed by atoms with E-state index in [0.717, 1.165) is 10.7 Å². The highest BCUT2D eigenvalue weighted by Gasteiger charge is 2.16. The number of carboxylic acids is 1. The average molecular weight is 287 g/mol. The number of ether oxygens (including phenoxy) is 1. The summed E-state index contributed by atoms with van der Waals surface area (Å²) < 4.78 is 4.69. The minimum Gasteiger partial charge on any atom is -0.479 e. The first kappa shape index (κ1) is 15.4. The normalized spacial score (nSPS) is 11.9. The summed E-state index contributed by atoms with van der Waals surface area (Å²) in [6.45, 7) is 2.29. The van der Waals surface area contributed by atoms with Crippen LogP contribution in [0.3, 0.4) is 0 Å². The first-order chi connectivity index (χ1) is 9.02. The van der Waals surface area contributed by atoms with Gasteiger partial charge in [0.1, 0.15) is 0 Å². The summed E-state index contributed by atoms with van der Waals surface area (Å²) in [6, 6.07) is -0.421. The van der Waals surface area contributed by atoms with Crippen molar-refractivity contribution in [2.45, 2.75) is 19.4 Å². The van der Waals surface area contributed by atoms with Gasteiger partial charge < -0.3 is 20.5 Å². The molecule has 0 aliphatic carbocycles. The van der Waals surface area contributed by atoms with Crippen molar-refractivity contribution in [3.05, 3.63) is 16.1 Å². The van der Waals surface area contributed by atoms with Crippen LogP contribution in [0.4, 0.5) is 4.79 Å². The van der Waals surface area contributed by atoms with Gasteiger partial charge in [0.2, 0.25) is 0 Å². The van der Waals surface area contributed by atoms with E-state index in [1.54, 1.807) is 11.3 Å². The molecule has 0 saturated heterocycles. The second-order valence-corrected chi connectivity index (χ2v) is 4.87. The molecule has 0 fully saturated rings. The van der Waals surface area contributed by atoms with Crippen LogP contribution in [0.5, 0.6) is 0 Å². The number of aryl methyl sites for hydroxylation is 1. The molecule has 1 aromatic heterocycles. The minimum absolute atomic E-state index is 0.0759. The van der Waals surface area contributed by atoms with E-state index in [1.807, 2.05) is 12.3 Å². The number of aromatic nitrogens is 1. The number of nitrogens with one attached hydrogen (secondary N) is 2. The Morgan fingerprint density at radius 1 is 1.53 bits per heavy atom. The van der Waals surface area contributed by atoms with Crippen molar-refractivity contribution in [3.8, 4) is 0 Å². The van der Waals surface area contributed by atoms with Gasteiger partial charge in [0.25, 0.3) is 0 Å². The highest BCUT2D eigenvalue weighted by Crippen LogP contribution is 2.07. The maximum atomic E-state index is 11.4. The van der Waals surface area contributed by atoms with Crippen LogP contribution in [-0.4, -0.2) is 48.4 Å². The van der Waals surface area contributed by atoms with Gasteiger partial charge in [-0.2, -0.15) is 0 Å². The Hall–Kier alpha value is -1.67. The van der Waals surface area contributed by atoms with Crippen LogP contribution >= 0.6 is 11.3 Å². The fourth-order valence-electron chi connectivity index (χ4n) is 1.35. The number of thiazole rings is 1. The molecule has 7 nitrogen and oxygen atoms in total. The number of amides is 2. The van der Waals surface area contributed by atoms with E-state index in [9.17, 15) is 9.59 Å². The van der Waals surface area contributed by atoms with Gasteiger partial charge in [0.05, 0.1) is 17.2 Å². The number of hydrogen-bond acceptors (Lipinski definition) is 5. The van der Waals surface area contributed by atoms with E-state index in [-0.39, 0.29) is 6.54 Å². The Bertz CT molecular complexity index is 435. The molecule has 1 rings (SSSR count). The lowest BCUT2D eigenvalue weighted by Crippen LogP contribution is -2.43. The summed E-state index contributed by atoms with van der Waals surface area (Å²) in [5.74, 6) is -1.11. The molecule has 0 spiro atoms. The van der Waals surface area contributed by atoms with Crippen LogP contribution in [0.25, 0.3) is 0 Å². The number of carbonyl (C=O) groups is 2. The number of methoxy groups -OCH3 is 1. The van der Waals surface area contributed by atoms with E-state index < -0.39 is 18.1 Å². The maximum Gasteiger partial charge on any atom is 0.334 e. The van der Waals surface area contributed by atoms with Gasteiger partial charge in [-0.3, -0.25) is 0 Å². The number of rotatable bonds is 7. The van der Waals surface area contributed by atoms with Crippen LogP contribution in [0, 0.1) is 6.92 Å². The monoisotopic (exact) mass is 287 g/mol. The van der Waals surface area contributed by atoms with Crippen molar-refractivity contribution >= 4 is 23.3 Å². The molecule has 8 heteroatoms. The molecule has 106 valence electrons. The SMILES string of the molecule is COC(CNC(=O)NCCc1csc(C)n1)C(=O)O. The molecule has 0 aromatic carbocycles. The molecule has 1 atom stereocenters. The molecule has 0 radical (unpaired) electrons. The van der Waals surface area contributed by atoms with Gasteiger partial charge >= 0.3 is 12.0 Å². The zero-order chi connectivity index (χ0) is 14.3. The van der Waals surface area contributed by atoms with Gasteiger partial charge in [0.15, 0.2) is 6.10 Å². The zero-order valence-corrected chi connectivity index (χ0v) is 11.6. The predicted molar refractivity (Wildman–Crippen MR) is 70.4 cm³/mol. The van der Waals surface area contributed by atoms with Crippen LogP contribution in [0.2, 0.25) is 0 Å². The van der Waals surface area contributed by atoms with Crippen molar-refractivity contribution in [3.63, 3.8) is 0 Å². The largest absolute Gasteiger partial charge is 0.479 e. The fraction of sp³-hybridized carbons (Fsp3) is 0.545. The molecule has 3 N–H and O–H groups in total. The second-order valence-electron chi connectivity index (χ2n) is 3.81. The number of nitrogens with zero attached hydrogens (tertiary/aromatic N) is 1. The second kappa shape index (κ2) is 7.70. The van der Waals surface area contributed by atoms with E-state index >= 15 is 0 Å². The summed E-state index contributed by atoms with van der Waals surface area (Å²) in [5, 5.41) is 16.7. The number of carboxylic acid groups (broad SMARTS) is 1. The summed E-state index contributed by atoms with van der Waals surface area (Å²) in [5.41, 5.74) is 0.933. The summed E-state index contributed by atoms with van der Waals surface area (Å²) in [4.78, 5) is 26.3. The fourth-order valence-corrected chi connectivity index (χ4v) is 1.99. The lowest BCUT2D eigenvalue weighted by atomic mass is 10.3. The molecular formula is C11H17N3O4S. The van der Waals surface area contributed by atoms with Gasteiger partial charge in [-0.05, 0) is 6.92 Å². The minimum atomic E-state index is -1.11. The Labute approximate surface area is 115 Å². The molecule has 1 aromatic rings. The zero-order valence-electron chi connectivity index (χ0n) is 10.8. The molecule has 2 amide bonds. The summed E-state index contributed by atoms with van der Waals surface area (Å²) >= 11 is 1.56. The molecule has 0 bridgehead atoms. The Morgan fingerprint density at radius 3 is 2.79 bits per heavy atom. The van der Waals surface area contributed by atoms with Crippen LogP contribution < -0.4 is 10.6 Å². The molecule has 0 aliphatic heterocycles. The first-order valence-electron chi connectivity index (χ1n) is 5.71. The number of urea groups is 1. The van der Waals surface area contributed by atoms with Gasteiger partial charge in [-0.25, -0.2) is 14.6 Å². The first-order valence-corrected chi connectivity index (χ1v) is 6.59. The third kappa shape index (κ3) is 5.66. The smallest absolute Gasteiger partial charge is 0.334 e. The van der Waals surface area contributed by atoms with Crippen molar-refractivity contribution in [2.24, 2.45) is 0 Å². The number of carbonyl (C=O) groups excluding carboxylic acids is 1. The van der Waals surface area contributed by atoms with Crippen molar-refractivity contribution in [1.29, 1.82) is 0 Å². The summed E-state index contributed by atoms with van der Waals surface area (Å²) in [6.07, 6.45) is -0.392.